The predicted octanol–water partition coefficient (Wildman–Crippen LogP) is 2.30. The fraction of sp³-hybridized carbons (Fsp3) is 0.286. The lowest BCUT2D eigenvalue weighted by Gasteiger charge is -2.12. The molecule has 120 valence electrons. The normalized spacial score (nSPS) is 14.3. The third-order valence-corrected chi connectivity index (χ3v) is 5.63. The smallest absolute Gasteiger partial charge is 0.245 e. The number of amides is 2. The summed E-state index contributed by atoms with van der Waals surface area (Å²) in [4.78, 5) is 29.2. The van der Waals surface area contributed by atoms with E-state index < -0.39 is 0 Å². The van der Waals surface area contributed by atoms with Crippen LogP contribution in [0.1, 0.15) is 5.56 Å². The van der Waals surface area contributed by atoms with Crippen molar-refractivity contribution in [2.45, 2.75) is 10.9 Å². The molecular formula is C14H14N4O2S3. The maximum Gasteiger partial charge on any atom is 0.245 e. The molecule has 3 rings (SSSR count). The van der Waals surface area contributed by atoms with E-state index in [-0.39, 0.29) is 18.4 Å². The topological polar surface area (TPSA) is 75.2 Å². The van der Waals surface area contributed by atoms with Gasteiger partial charge in [0.25, 0.3) is 0 Å². The molecule has 1 saturated heterocycles. The summed E-state index contributed by atoms with van der Waals surface area (Å²) in [5.74, 6) is 1.57. The Hall–Kier alpha value is -1.58. The van der Waals surface area contributed by atoms with E-state index in [1.807, 2.05) is 30.3 Å². The van der Waals surface area contributed by atoms with Crippen molar-refractivity contribution in [1.29, 1.82) is 0 Å². The molecule has 1 aliphatic rings. The number of nitrogens with zero attached hydrogens (tertiary/aromatic N) is 3. The molecule has 0 unspecified atom stereocenters. The highest BCUT2D eigenvalue weighted by Crippen LogP contribution is 2.23. The zero-order chi connectivity index (χ0) is 16.1. The van der Waals surface area contributed by atoms with Crippen LogP contribution >= 0.6 is 35.1 Å². The van der Waals surface area contributed by atoms with E-state index in [0.29, 0.717) is 21.9 Å². The largest absolute Gasteiger partial charge is 0.323 e. The lowest BCUT2D eigenvalue weighted by Crippen LogP contribution is -2.34. The Morgan fingerprint density at radius 3 is 2.91 bits per heavy atom. The molecule has 1 aliphatic heterocycles. The van der Waals surface area contributed by atoms with Crippen LogP contribution in [0.5, 0.6) is 0 Å². The highest BCUT2D eigenvalue weighted by Gasteiger charge is 2.23. The summed E-state index contributed by atoms with van der Waals surface area (Å²) in [6.07, 6.45) is 0. The number of carbonyl (C=O) groups excluding carboxylic acids is 2. The second-order valence-corrected chi connectivity index (χ2v) is 7.42. The number of nitrogens with one attached hydrogen (secondary N) is 1. The summed E-state index contributed by atoms with van der Waals surface area (Å²) < 4.78 is 4.23. The molecule has 1 fully saturated rings. The molecule has 2 amide bonds. The van der Waals surface area contributed by atoms with E-state index in [1.54, 1.807) is 0 Å². The molecule has 23 heavy (non-hydrogen) atoms. The summed E-state index contributed by atoms with van der Waals surface area (Å²) in [6.45, 7) is 0.0674. The molecular weight excluding hydrogens is 352 g/mol. The average molecular weight is 366 g/mol. The number of hydrogen-bond donors (Lipinski definition) is 1. The number of aromatic nitrogens is 2. The first-order valence-corrected chi connectivity index (χ1v) is 9.78. The van der Waals surface area contributed by atoms with Crippen LogP contribution in [0.2, 0.25) is 0 Å². The van der Waals surface area contributed by atoms with Crippen molar-refractivity contribution in [3.8, 4) is 0 Å². The zero-order valence-electron chi connectivity index (χ0n) is 12.1. The molecule has 1 aromatic heterocycles. The van der Waals surface area contributed by atoms with E-state index in [9.17, 15) is 9.59 Å². The third kappa shape index (κ3) is 4.69. The molecule has 1 aromatic carbocycles. The van der Waals surface area contributed by atoms with Gasteiger partial charge in [0.15, 0.2) is 0 Å². The van der Waals surface area contributed by atoms with Gasteiger partial charge in [0.2, 0.25) is 22.1 Å². The Labute approximate surface area is 146 Å². The van der Waals surface area contributed by atoms with Gasteiger partial charge in [-0.15, -0.1) is 11.8 Å². The predicted molar refractivity (Wildman–Crippen MR) is 93.6 cm³/mol. The van der Waals surface area contributed by atoms with Crippen molar-refractivity contribution < 1.29 is 9.59 Å². The van der Waals surface area contributed by atoms with Crippen molar-refractivity contribution in [1.82, 2.24) is 14.3 Å². The van der Waals surface area contributed by atoms with Crippen molar-refractivity contribution in [3.63, 3.8) is 0 Å². The molecule has 6 nitrogen and oxygen atoms in total. The van der Waals surface area contributed by atoms with Crippen LogP contribution in [0.3, 0.4) is 0 Å². The van der Waals surface area contributed by atoms with Gasteiger partial charge in [-0.3, -0.25) is 14.9 Å². The lowest BCUT2D eigenvalue weighted by atomic mass is 10.2. The maximum atomic E-state index is 11.9. The van der Waals surface area contributed by atoms with Crippen molar-refractivity contribution >= 4 is 52.0 Å². The Kier molecular flexibility index (Phi) is 5.52. The minimum absolute atomic E-state index is 0.00141. The Bertz CT molecular complexity index is 692. The fourth-order valence-corrected chi connectivity index (χ4v) is 4.33. The van der Waals surface area contributed by atoms with Gasteiger partial charge in [0.1, 0.15) is 6.54 Å². The second-order valence-electron chi connectivity index (χ2n) is 4.77. The first kappa shape index (κ1) is 16.3. The van der Waals surface area contributed by atoms with E-state index in [2.05, 4.69) is 14.7 Å². The molecule has 1 N–H and O–H groups in total. The van der Waals surface area contributed by atoms with Gasteiger partial charge >= 0.3 is 0 Å². The van der Waals surface area contributed by atoms with Gasteiger partial charge in [-0.1, -0.05) is 42.1 Å². The van der Waals surface area contributed by atoms with Gasteiger partial charge in [0.05, 0.1) is 11.6 Å². The van der Waals surface area contributed by atoms with Crippen molar-refractivity contribution in [2.75, 3.05) is 23.5 Å². The minimum atomic E-state index is -0.239. The maximum absolute atomic E-state index is 11.9. The summed E-state index contributed by atoms with van der Waals surface area (Å²) in [5, 5.41) is 3.80. The molecule has 0 spiro atoms. The van der Waals surface area contributed by atoms with Gasteiger partial charge in [-0.25, -0.2) is 0 Å². The van der Waals surface area contributed by atoms with E-state index in [0.717, 1.165) is 17.3 Å². The van der Waals surface area contributed by atoms with Crippen molar-refractivity contribution in [3.05, 3.63) is 35.9 Å². The summed E-state index contributed by atoms with van der Waals surface area (Å²) >= 11 is 4.19. The van der Waals surface area contributed by atoms with Gasteiger partial charge < -0.3 is 4.90 Å². The fourth-order valence-electron chi connectivity index (χ4n) is 1.91. The van der Waals surface area contributed by atoms with Crippen molar-refractivity contribution in [2.24, 2.45) is 0 Å². The second kappa shape index (κ2) is 7.80. The number of hydrogen-bond acceptors (Lipinski definition) is 7. The highest BCUT2D eigenvalue weighted by molar-refractivity contribution is 8.00. The van der Waals surface area contributed by atoms with E-state index in [4.69, 9.17) is 0 Å². The molecule has 0 radical (unpaired) electrons. The molecule has 0 atom stereocenters. The van der Waals surface area contributed by atoms with Gasteiger partial charge in [-0.2, -0.15) is 9.36 Å². The number of benzene rings is 1. The number of carbonyl (C=O) groups is 2. The Morgan fingerprint density at radius 1 is 1.35 bits per heavy atom. The highest BCUT2D eigenvalue weighted by atomic mass is 32.2. The molecule has 9 heteroatoms. The first-order valence-electron chi connectivity index (χ1n) is 6.86. The lowest BCUT2D eigenvalue weighted by molar-refractivity contribution is -0.130. The standard InChI is InChI=1S/C14H14N4O2S3/c19-11(6-18-9-21-8-12(18)20)15-13-16-14(17-23-13)22-7-10-4-2-1-3-5-10/h1-5H,6-9H2,(H,15,16,17,19). The van der Waals surface area contributed by atoms with E-state index in [1.165, 1.54) is 34.0 Å². The summed E-state index contributed by atoms with van der Waals surface area (Å²) in [5.41, 5.74) is 1.20. The monoisotopic (exact) mass is 366 g/mol. The van der Waals surface area contributed by atoms with E-state index >= 15 is 0 Å². The van der Waals surface area contributed by atoms with Crippen LogP contribution in [0, 0.1) is 0 Å². The quantitative estimate of drug-likeness (QED) is 0.791. The van der Waals surface area contributed by atoms with Crippen LogP contribution in [0.15, 0.2) is 35.5 Å². The Balaban J connectivity index is 1.49. The minimum Gasteiger partial charge on any atom is -0.323 e. The molecule has 0 saturated carbocycles. The number of rotatable bonds is 6. The van der Waals surface area contributed by atoms with Gasteiger partial charge in [-0.05, 0) is 5.56 Å². The summed E-state index contributed by atoms with van der Waals surface area (Å²) in [6, 6.07) is 10.1. The van der Waals surface area contributed by atoms with Crippen LogP contribution < -0.4 is 5.32 Å². The average Bonchev–Trinajstić information content (AvgIpc) is 3.16. The number of anilines is 1. The van der Waals surface area contributed by atoms with Crippen LogP contribution in [0.4, 0.5) is 5.13 Å². The summed E-state index contributed by atoms with van der Waals surface area (Å²) in [7, 11) is 0. The van der Waals surface area contributed by atoms with Crippen LogP contribution in [-0.4, -0.2) is 44.2 Å². The zero-order valence-corrected chi connectivity index (χ0v) is 14.5. The number of thioether (sulfide) groups is 2. The van der Waals surface area contributed by atoms with Crippen LogP contribution in [-0.2, 0) is 15.3 Å². The van der Waals surface area contributed by atoms with Crippen LogP contribution in [0.25, 0.3) is 0 Å². The molecule has 2 aromatic rings. The molecule has 0 aliphatic carbocycles. The SMILES string of the molecule is O=C(CN1CSCC1=O)Nc1nc(SCc2ccccc2)ns1. The molecule has 0 bridgehead atoms. The molecule has 2 heterocycles. The first-order chi connectivity index (χ1) is 11.2. The third-order valence-electron chi connectivity index (χ3n) is 3.02. The Morgan fingerprint density at radius 2 is 2.17 bits per heavy atom. The van der Waals surface area contributed by atoms with Gasteiger partial charge in [0, 0.05) is 17.3 Å².